The Balaban J connectivity index is 1.84. The van der Waals surface area contributed by atoms with E-state index in [1.807, 2.05) is 41.0 Å². The number of nitrogens with zero attached hydrogens (tertiary/aromatic N) is 3. The van der Waals surface area contributed by atoms with Crippen LogP contribution in [0, 0.1) is 0 Å². The van der Waals surface area contributed by atoms with E-state index in [1.54, 1.807) is 7.11 Å². The van der Waals surface area contributed by atoms with E-state index >= 15 is 0 Å². The van der Waals surface area contributed by atoms with Crippen LogP contribution in [0.15, 0.2) is 45.3 Å². The van der Waals surface area contributed by atoms with Crippen molar-refractivity contribution in [3.63, 3.8) is 0 Å². The molecule has 152 valence electrons. The highest BCUT2D eigenvalue weighted by Gasteiger charge is 2.17. The fourth-order valence-corrected chi connectivity index (χ4v) is 4.85. The molecule has 1 aromatic carbocycles. The number of methoxy groups -OCH3 is 1. The summed E-state index contributed by atoms with van der Waals surface area (Å²) in [5.41, 5.74) is 0.834. The maximum absolute atomic E-state index is 12.5. The third kappa shape index (κ3) is 5.68. The van der Waals surface area contributed by atoms with Crippen LogP contribution in [-0.4, -0.2) is 45.9 Å². The number of halogens is 1. The average molecular weight is 495 g/mol. The molecule has 7 nitrogen and oxygen atoms in total. The number of benzene rings is 1. The zero-order valence-electron chi connectivity index (χ0n) is 15.8. The van der Waals surface area contributed by atoms with E-state index in [2.05, 4.69) is 31.4 Å². The lowest BCUT2D eigenvalue weighted by Crippen LogP contribution is -2.23. The molecule has 3 aromatic rings. The number of hydrogen-bond acceptors (Lipinski definition) is 7. The standard InChI is InChI=1S/C19H19BrN4O3S2/c1-12(25)21-9-8-18-22-23-19(24(18)13-4-3-5-14(10-13)27-2)28-11-15(26)16-6-7-17(20)29-16/h3-7,10H,8-9,11H2,1-2H3,(H,21,25). The number of carbonyl (C=O) groups excluding carboxylic acids is 2. The number of hydrogen-bond donors (Lipinski definition) is 1. The predicted molar refractivity (Wildman–Crippen MR) is 117 cm³/mol. The Labute approximate surface area is 185 Å². The van der Waals surface area contributed by atoms with E-state index in [4.69, 9.17) is 4.74 Å². The van der Waals surface area contributed by atoms with Crippen LogP contribution in [-0.2, 0) is 11.2 Å². The number of rotatable bonds is 9. The van der Waals surface area contributed by atoms with Crippen molar-refractivity contribution in [1.29, 1.82) is 0 Å². The van der Waals surface area contributed by atoms with Gasteiger partial charge in [0.1, 0.15) is 11.6 Å². The number of thioether (sulfide) groups is 1. The Kier molecular flexibility index (Phi) is 7.45. The fourth-order valence-electron chi connectivity index (χ4n) is 2.58. The summed E-state index contributed by atoms with van der Waals surface area (Å²) in [4.78, 5) is 24.4. The van der Waals surface area contributed by atoms with Crippen LogP contribution >= 0.6 is 39.0 Å². The molecule has 0 aliphatic rings. The predicted octanol–water partition coefficient (Wildman–Crippen LogP) is 3.75. The molecular weight excluding hydrogens is 476 g/mol. The molecule has 0 radical (unpaired) electrons. The quantitative estimate of drug-likeness (QED) is 0.360. The molecule has 1 N–H and O–H groups in total. The number of ketones is 1. The second kappa shape index (κ2) is 10.0. The molecule has 0 saturated heterocycles. The highest BCUT2D eigenvalue weighted by Crippen LogP contribution is 2.27. The number of ether oxygens (including phenoxy) is 1. The van der Waals surface area contributed by atoms with E-state index in [9.17, 15) is 9.59 Å². The van der Waals surface area contributed by atoms with Crippen LogP contribution in [0.1, 0.15) is 22.4 Å². The smallest absolute Gasteiger partial charge is 0.216 e. The first kappa shape index (κ1) is 21.5. The Morgan fingerprint density at radius 1 is 1.28 bits per heavy atom. The normalized spacial score (nSPS) is 10.7. The molecule has 0 spiro atoms. The van der Waals surface area contributed by atoms with Crippen LogP contribution < -0.4 is 10.1 Å². The van der Waals surface area contributed by atoms with Gasteiger partial charge in [-0.25, -0.2) is 0 Å². The second-order valence-corrected chi connectivity index (χ2v) is 9.39. The Morgan fingerprint density at radius 2 is 2.10 bits per heavy atom. The molecule has 10 heteroatoms. The second-order valence-electron chi connectivity index (χ2n) is 5.98. The average Bonchev–Trinajstić information content (AvgIpc) is 3.32. The molecule has 3 rings (SSSR count). The topological polar surface area (TPSA) is 86.1 Å². The molecule has 0 aliphatic heterocycles. The third-order valence-corrected chi connectivity index (χ3v) is 6.51. The summed E-state index contributed by atoms with van der Waals surface area (Å²) in [5.74, 6) is 1.59. The van der Waals surface area contributed by atoms with E-state index in [1.165, 1.54) is 30.0 Å². The van der Waals surface area contributed by atoms with Crippen molar-refractivity contribution in [3.8, 4) is 11.4 Å². The Bertz CT molecular complexity index is 1020. The van der Waals surface area contributed by atoms with Crippen LogP contribution in [0.4, 0.5) is 0 Å². The molecule has 2 aromatic heterocycles. The van der Waals surface area contributed by atoms with Gasteiger partial charge in [0.15, 0.2) is 10.9 Å². The van der Waals surface area contributed by atoms with Crippen molar-refractivity contribution in [2.24, 2.45) is 0 Å². The van der Waals surface area contributed by atoms with Crippen LogP contribution in [0.3, 0.4) is 0 Å². The fraction of sp³-hybridized carbons (Fsp3) is 0.263. The lowest BCUT2D eigenvalue weighted by molar-refractivity contribution is -0.118. The number of nitrogens with one attached hydrogen (secondary N) is 1. The maximum atomic E-state index is 12.5. The van der Waals surface area contributed by atoms with Crippen molar-refractivity contribution in [2.75, 3.05) is 19.4 Å². The molecule has 0 unspecified atom stereocenters. The van der Waals surface area contributed by atoms with Gasteiger partial charge in [-0.2, -0.15) is 0 Å². The molecule has 0 saturated carbocycles. The lowest BCUT2D eigenvalue weighted by Gasteiger charge is -2.11. The molecule has 0 atom stereocenters. The third-order valence-electron chi connectivity index (χ3n) is 3.91. The molecule has 29 heavy (non-hydrogen) atoms. The Morgan fingerprint density at radius 3 is 2.79 bits per heavy atom. The van der Waals surface area contributed by atoms with Crippen molar-refractivity contribution in [1.82, 2.24) is 20.1 Å². The van der Waals surface area contributed by atoms with Gasteiger partial charge in [-0.05, 0) is 40.2 Å². The maximum Gasteiger partial charge on any atom is 0.216 e. The number of carbonyl (C=O) groups is 2. The highest BCUT2D eigenvalue weighted by molar-refractivity contribution is 9.11. The number of Topliss-reactive ketones (excluding diaryl/α,β-unsaturated/α-hetero) is 1. The molecule has 2 heterocycles. The van der Waals surface area contributed by atoms with E-state index in [-0.39, 0.29) is 17.4 Å². The van der Waals surface area contributed by atoms with Crippen molar-refractivity contribution in [3.05, 3.63) is 50.9 Å². The molecule has 0 bridgehead atoms. The zero-order valence-corrected chi connectivity index (χ0v) is 19.1. The molecule has 0 fully saturated rings. The minimum atomic E-state index is -0.0975. The van der Waals surface area contributed by atoms with Crippen molar-refractivity contribution >= 4 is 50.7 Å². The number of thiophene rings is 1. The van der Waals surface area contributed by atoms with E-state index in [0.29, 0.717) is 34.6 Å². The SMILES string of the molecule is COc1cccc(-n2c(CCNC(C)=O)nnc2SCC(=O)c2ccc(Br)s2)c1. The van der Waals surface area contributed by atoms with Gasteiger partial charge in [0.2, 0.25) is 5.91 Å². The summed E-state index contributed by atoms with van der Waals surface area (Å²) in [6.07, 6.45) is 0.510. The molecule has 0 aliphatic carbocycles. The van der Waals surface area contributed by atoms with E-state index < -0.39 is 0 Å². The summed E-state index contributed by atoms with van der Waals surface area (Å²) in [6.45, 7) is 1.92. The summed E-state index contributed by atoms with van der Waals surface area (Å²) >= 11 is 6.12. The lowest BCUT2D eigenvalue weighted by atomic mass is 10.3. The largest absolute Gasteiger partial charge is 0.497 e. The molecule has 1 amide bonds. The monoisotopic (exact) mass is 494 g/mol. The van der Waals surface area contributed by atoms with Gasteiger partial charge in [0.25, 0.3) is 0 Å². The summed E-state index contributed by atoms with van der Waals surface area (Å²) in [7, 11) is 1.61. The van der Waals surface area contributed by atoms with Gasteiger partial charge in [0, 0.05) is 26.0 Å². The number of aromatic nitrogens is 3. The van der Waals surface area contributed by atoms with Gasteiger partial charge in [0.05, 0.1) is 27.2 Å². The van der Waals surface area contributed by atoms with Gasteiger partial charge >= 0.3 is 0 Å². The van der Waals surface area contributed by atoms with Crippen LogP contribution in [0.2, 0.25) is 0 Å². The minimum Gasteiger partial charge on any atom is -0.497 e. The molecular formula is C19H19BrN4O3S2. The number of amides is 1. The van der Waals surface area contributed by atoms with Gasteiger partial charge < -0.3 is 10.1 Å². The van der Waals surface area contributed by atoms with Crippen molar-refractivity contribution < 1.29 is 14.3 Å². The van der Waals surface area contributed by atoms with E-state index in [0.717, 1.165) is 9.47 Å². The van der Waals surface area contributed by atoms with Gasteiger partial charge in [-0.3, -0.25) is 14.2 Å². The minimum absolute atomic E-state index is 0.0330. The highest BCUT2D eigenvalue weighted by atomic mass is 79.9. The van der Waals surface area contributed by atoms with Gasteiger partial charge in [-0.1, -0.05) is 17.8 Å². The summed E-state index contributed by atoms with van der Waals surface area (Å²) in [5, 5.41) is 11.9. The first-order valence-corrected chi connectivity index (χ1v) is 11.3. The van der Waals surface area contributed by atoms with Crippen LogP contribution in [0.25, 0.3) is 5.69 Å². The summed E-state index contributed by atoms with van der Waals surface area (Å²) in [6, 6.07) is 11.2. The first-order valence-electron chi connectivity index (χ1n) is 8.72. The zero-order chi connectivity index (χ0) is 20.8. The first-order chi connectivity index (χ1) is 14.0. The summed E-state index contributed by atoms with van der Waals surface area (Å²) < 4.78 is 8.15. The van der Waals surface area contributed by atoms with Crippen molar-refractivity contribution in [2.45, 2.75) is 18.5 Å². The van der Waals surface area contributed by atoms with Gasteiger partial charge in [-0.15, -0.1) is 21.5 Å². The Hall–Kier alpha value is -2.17. The van der Waals surface area contributed by atoms with Crippen LogP contribution in [0.5, 0.6) is 5.75 Å².